The Balaban J connectivity index is 1.69. The number of fused-ring (bicyclic) bond motifs is 1. The molecule has 0 unspecified atom stereocenters. The molecule has 8 heteroatoms. The van der Waals surface area contributed by atoms with Gasteiger partial charge in [-0.3, -0.25) is 0 Å². The van der Waals surface area contributed by atoms with Gasteiger partial charge in [0.15, 0.2) is 11.5 Å². The van der Waals surface area contributed by atoms with Crippen LogP contribution in [0.4, 0.5) is 0 Å². The SMILES string of the molecule is CCOC(=O)c1ccc(S(=O)(=O)N(C)C[C@@H]2COc3ccccc3O2)cc1. The van der Waals surface area contributed by atoms with Crippen LogP contribution in [-0.2, 0) is 14.8 Å². The maximum absolute atomic E-state index is 12.8. The monoisotopic (exact) mass is 391 g/mol. The molecule has 0 saturated carbocycles. The third-order valence-electron chi connectivity index (χ3n) is 4.10. The molecule has 0 aliphatic carbocycles. The minimum Gasteiger partial charge on any atom is -0.486 e. The van der Waals surface area contributed by atoms with Crippen molar-refractivity contribution in [1.29, 1.82) is 0 Å². The average molecular weight is 391 g/mol. The van der Waals surface area contributed by atoms with E-state index in [1.54, 1.807) is 19.1 Å². The summed E-state index contributed by atoms with van der Waals surface area (Å²) in [6.07, 6.45) is -0.418. The van der Waals surface area contributed by atoms with Crippen molar-refractivity contribution < 1.29 is 27.4 Å². The molecule has 0 radical (unpaired) electrons. The third-order valence-corrected chi connectivity index (χ3v) is 5.94. The van der Waals surface area contributed by atoms with Crippen molar-refractivity contribution in [1.82, 2.24) is 4.31 Å². The van der Waals surface area contributed by atoms with Gasteiger partial charge in [-0.1, -0.05) is 12.1 Å². The minimum absolute atomic E-state index is 0.0928. The second kappa shape index (κ2) is 7.98. The Morgan fingerprint density at radius 3 is 2.48 bits per heavy atom. The van der Waals surface area contributed by atoms with Crippen LogP contribution in [0.25, 0.3) is 0 Å². The van der Waals surface area contributed by atoms with E-state index in [0.717, 1.165) is 0 Å². The van der Waals surface area contributed by atoms with Crippen molar-refractivity contribution >= 4 is 16.0 Å². The van der Waals surface area contributed by atoms with Gasteiger partial charge in [0.25, 0.3) is 0 Å². The van der Waals surface area contributed by atoms with Crippen LogP contribution >= 0.6 is 0 Å². The molecular formula is C19H21NO6S. The van der Waals surface area contributed by atoms with E-state index in [1.807, 2.05) is 12.1 Å². The highest BCUT2D eigenvalue weighted by Crippen LogP contribution is 2.31. The van der Waals surface area contributed by atoms with Crippen LogP contribution in [0.1, 0.15) is 17.3 Å². The second-order valence-electron chi connectivity index (χ2n) is 6.03. The number of hydrogen-bond acceptors (Lipinski definition) is 6. The predicted octanol–water partition coefficient (Wildman–Crippen LogP) is 2.32. The fourth-order valence-electron chi connectivity index (χ4n) is 2.70. The molecule has 2 aromatic carbocycles. The van der Waals surface area contributed by atoms with Crippen molar-refractivity contribution in [2.75, 3.05) is 26.8 Å². The van der Waals surface area contributed by atoms with E-state index in [1.165, 1.54) is 35.6 Å². The van der Waals surface area contributed by atoms with E-state index < -0.39 is 22.1 Å². The Morgan fingerprint density at radius 2 is 1.81 bits per heavy atom. The molecule has 0 spiro atoms. The van der Waals surface area contributed by atoms with Gasteiger partial charge in [0.2, 0.25) is 10.0 Å². The Bertz CT molecular complexity index is 910. The first-order valence-corrected chi connectivity index (χ1v) is 9.98. The number of para-hydroxylation sites is 2. The molecular weight excluding hydrogens is 370 g/mol. The number of sulfonamides is 1. The van der Waals surface area contributed by atoms with Gasteiger partial charge in [-0.05, 0) is 43.3 Å². The molecule has 0 amide bonds. The molecule has 0 fully saturated rings. The van der Waals surface area contributed by atoms with E-state index in [2.05, 4.69) is 0 Å². The summed E-state index contributed by atoms with van der Waals surface area (Å²) in [5.74, 6) is 0.758. The molecule has 27 heavy (non-hydrogen) atoms. The lowest BCUT2D eigenvalue weighted by atomic mass is 10.2. The Labute approximate surface area is 158 Å². The first-order chi connectivity index (χ1) is 12.9. The van der Waals surface area contributed by atoms with Gasteiger partial charge in [0.1, 0.15) is 12.7 Å². The summed E-state index contributed by atoms with van der Waals surface area (Å²) in [5, 5.41) is 0. The minimum atomic E-state index is -3.72. The van der Waals surface area contributed by atoms with Gasteiger partial charge >= 0.3 is 5.97 Å². The number of nitrogens with zero attached hydrogens (tertiary/aromatic N) is 1. The van der Waals surface area contributed by atoms with Gasteiger partial charge in [-0.2, -0.15) is 4.31 Å². The molecule has 0 bridgehead atoms. The maximum atomic E-state index is 12.8. The summed E-state index contributed by atoms with van der Waals surface area (Å²) >= 11 is 0. The van der Waals surface area contributed by atoms with Crippen molar-refractivity contribution in [2.45, 2.75) is 17.9 Å². The fraction of sp³-hybridized carbons (Fsp3) is 0.316. The van der Waals surface area contributed by atoms with E-state index >= 15 is 0 Å². The standard InChI is InChI=1S/C19H21NO6S/c1-3-24-19(21)14-8-10-16(11-9-14)27(22,23)20(2)12-15-13-25-17-6-4-5-7-18(17)26-15/h4-11,15H,3,12-13H2,1-2H3/t15-/m1/s1. The van der Waals surface area contributed by atoms with Gasteiger partial charge in [-0.25, -0.2) is 13.2 Å². The Kier molecular flexibility index (Phi) is 5.67. The highest BCUT2D eigenvalue weighted by atomic mass is 32.2. The normalized spacial score (nSPS) is 16.2. The van der Waals surface area contributed by atoms with Crippen LogP contribution in [0.2, 0.25) is 0 Å². The van der Waals surface area contributed by atoms with E-state index in [0.29, 0.717) is 17.1 Å². The van der Waals surface area contributed by atoms with E-state index in [9.17, 15) is 13.2 Å². The lowest BCUT2D eigenvalue weighted by molar-refractivity contribution is 0.0526. The highest BCUT2D eigenvalue weighted by Gasteiger charge is 2.28. The highest BCUT2D eigenvalue weighted by molar-refractivity contribution is 7.89. The van der Waals surface area contributed by atoms with Gasteiger partial charge in [-0.15, -0.1) is 0 Å². The first kappa shape index (κ1) is 19.2. The summed E-state index contributed by atoms with van der Waals surface area (Å²) in [6, 6.07) is 12.9. The molecule has 1 aliphatic heterocycles. The van der Waals surface area contributed by atoms with E-state index in [-0.39, 0.29) is 24.7 Å². The van der Waals surface area contributed by atoms with Crippen molar-refractivity contribution in [2.24, 2.45) is 0 Å². The Hall–Kier alpha value is -2.58. The molecule has 144 valence electrons. The molecule has 3 rings (SSSR count). The van der Waals surface area contributed by atoms with Gasteiger partial charge in [0, 0.05) is 7.05 Å². The zero-order valence-corrected chi connectivity index (χ0v) is 15.9. The molecule has 1 aliphatic rings. The lowest BCUT2D eigenvalue weighted by Crippen LogP contribution is -2.41. The quantitative estimate of drug-likeness (QED) is 0.703. The number of benzene rings is 2. The Morgan fingerprint density at radius 1 is 1.15 bits per heavy atom. The zero-order chi connectivity index (χ0) is 19.4. The van der Waals surface area contributed by atoms with Crippen LogP contribution in [0.3, 0.4) is 0 Å². The molecule has 1 atom stereocenters. The number of esters is 1. The smallest absolute Gasteiger partial charge is 0.338 e. The molecule has 0 aromatic heterocycles. The lowest BCUT2D eigenvalue weighted by Gasteiger charge is -2.29. The van der Waals surface area contributed by atoms with Crippen molar-refractivity contribution in [3.05, 3.63) is 54.1 Å². The zero-order valence-electron chi connectivity index (χ0n) is 15.1. The maximum Gasteiger partial charge on any atom is 0.338 e. The van der Waals surface area contributed by atoms with Crippen LogP contribution in [-0.4, -0.2) is 51.6 Å². The molecule has 2 aromatic rings. The summed E-state index contributed by atoms with van der Waals surface area (Å²) in [6.45, 7) is 2.37. The molecule has 1 heterocycles. The third kappa shape index (κ3) is 4.23. The molecule has 7 nitrogen and oxygen atoms in total. The van der Waals surface area contributed by atoms with Crippen molar-refractivity contribution in [3.63, 3.8) is 0 Å². The fourth-order valence-corrected chi connectivity index (χ4v) is 3.90. The number of carbonyl (C=O) groups is 1. The predicted molar refractivity (Wildman–Crippen MR) is 98.6 cm³/mol. The van der Waals surface area contributed by atoms with Crippen LogP contribution in [0, 0.1) is 0 Å². The van der Waals surface area contributed by atoms with Crippen LogP contribution in [0.15, 0.2) is 53.4 Å². The van der Waals surface area contributed by atoms with Crippen molar-refractivity contribution in [3.8, 4) is 11.5 Å². The van der Waals surface area contributed by atoms with Gasteiger partial charge < -0.3 is 14.2 Å². The summed E-state index contributed by atoms with van der Waals surface area (Å²) in [4.78, 5) is 11.8. The molecule has 0 N–H and O–H groups in total. The number of ether oxygens (including phenoxy) is 3. The summed E-state index contributed by atoms with van der Waals surface area (Å²) in [5.41, 5.74) is 0.305. The number of hydrogen-bond donors (Lipinski definition) is 0. The largest absolute Gasteiger partial charge is 0.486 e. The number of rotatable bonds is 6. The topological polar surface area (TPSA) is 82.1 Å². The van der Waals surface area contributed by atoms with Crippen LogP contribution in [0.5, 0.6) is 11.5 Å². The molecule has 0 saturated heterocycles. The second-order valence-corrected chi connectivity index (χ2v) is 8.07. The number of likely N-dealkylation sites (N-methyl/N-ethyl adjacent to an activating group) is 1. The van der Waals surface area contributed by atoms with Gasteiger partial charge in [0.05, 0.1) is 23.6 Å². The van der Waals surface area contributed by atoms with Crippen LogP contribution < -0.4 is 9.47 Å². The summed E-state index contributed by atoms with van der Waals surface area (Å²) < 4.78 is 43.1. The average Bonchev–Trinajstić information content (AvgIpc) is 2.68. The first-order valence-electron chi connectivity index (χ1n) is 8.54. The number of carbonyl (C=O) groups excluding carboxylic acids is 1. The van der Waals surface area contributed by atoms with E-state index in [4.69, 9.17) is 14.2 Å². The summed E-state index contributed by atoms with van der Waals surface area (Å²) in [7, 11) is -2.24.